The molecule has 1 heterocycles. The molecule has 2 amide bonds. The van der Waals surface area contributed by atoms with Crippen LogP contribution < -0.4 is 20.2 Å². The van der Waals surface area contributed by atoms with E-state index in [1.165, 1.54) is 21.4 Å². The first-order valence-electron chi connectivity index (χ1n) is 14.6. The van der Waals surface area contributed by atoms with Crippen LogP contribution >= 0.6 is 0 Å². The van der Waals surface area contributed by atoms with E-state index in [4.69, 9.17) is 9.47 Å². The van der Waals surface area contributed by atoms with Crippen LogP contribution in [-0.4, -0.2) is 79.8 Å². The second-order valence-electron chi connectivity index (χ2n) is 12.5. The Bertz CT molecular complexity index is 1350. The lowest BCUT2D eigenvalue weighted by Crippen LogP contribution is -2.60. The second-order valence-corrected chi connectivity index (χ2v) is 14.5. The molecule has 0 bridgehead atoms. The van der Waals surface area contributed by atoms with Gasteiger partial charge in [-0.15, -0.1) is 0 Å². The Morgan fingerprint density at radius 2 is 1.67 bits per heavy atom. The number of likely N-dealkylation sites (N-methyl/N-ethyl adjacent to an activating group) is 1. The number of hydrogen-bond acceptors (Lipinski definition) is 8. The Labute approximate surface area is 255 Å². The number of benzene rings is 2. The highest BCUT2D eigenvalue weighted by atomic mass is 32.2. The van der Waals surface area contributed by atoms with Crippen LogP contribution in [0.1, 0.15) is 53.5 Å². The maximum absolute atomic E-state index is 14.0. The van der Waals surface area contributed by atoms with Gasteiger partial charge in [-0.1, -0.05) is 65.0 Å². The van der Waals surface area contributed by atoms with Crippen molar-refractivity contribution < 1.29 is 32.6 Å². The summed E-state index contributed by atoms with van der Waals surface area (Å²) in [7, 11) is -2.49. The number of carbonyl (C=O) groups is 2. The lowest BCUT2D eigenvalue weighted by Gasteiger charge is -2.38. The zero-order valence-corrected chi connectivity index (χ0v) is 27.0. The SMILES string of the molecule is CNCC(=O)NN(C(=O)CC(C)(C)C)C(Cc1ccccc1)[C@H](O)CN(CC(C)C)S(=O)(=O)c1ccc2c(c1)OC(C)O2. The molecule has 11 nitrogen and oxygen atoms in total. The summed E-state index contributed by atoms with van der Waals surface area (Å²) in [5.41, 5.74) is 3.09. The Kier molecular flexibility index (Phi) is 11.6. The number of sulfonamides is 1. The summed E-state index contributed by atoms with van der Waals surface area (Å²) in [5.74, 6) is -0.143. The molecule has 3 rings (SSSR count). The number of aliphatic hydroxyl groups is 1. The van der Waals surface area contributed by atoms with Crippen molar-refractivity contribution in [2.75, 3.05) is 26.7 Å². The van der Waals surface area contributed by atoms with Crippen LogP contribution in [0.3, 0.4) is 0 Å². The van der Waals surface area contributed by atoms with Crippen molar-refractivity contribution in [3.63, 3.8) is 0 Å². The molecule has 0 spiro atoms. The van der Waals surface area contributed by atoms with Gasteiger partial charge in [0.2, 0.25) is 22.2 Å². The molecule has 2 unspecified atom stereocenters. The third-order valence-corrected chi connectivity index (χ3v) is 8.52. The lowest BCUT2D eigenvalue weighted by atomic mass is 9.91. The van der Waals surface area contributed by atoms with Gasteiger partial charge >= 0.3 is 0 Å². The van der Waals surface area contributed by atoms with E-state index >= 15 is 0 Å². The highest BCUT2D eigenvalue weighted by Crippen LogP contribution is 2.37. The molecule has 238 valence electrons. The third-order valence-electron chi connectivity index (χ3n) is 6.69. The first-order valence-corrected chi connectivity index (χ1v) is 16.0. The molecule has 2 aromatic rings. The molecule has 1 aliphatic rings. The summed E-state index contributed by atoms with van der Waals surface area (Å²) in [6, 6.07) is 12.7. The monoisotopic (exact) mass is 618 g/mol. The van der Waals surface area contributed by atoms with E-state index in [1.54, 1.807) is 20.0 Å². The van der Waals surface area contributed by atoms with E-state index < -0.39 is 39.8 Å². The minimum absolute atomic E-state index is 0.000558. The fourth-order valence-electron chi connectivity index (χ4n) is 4.84. The maximum atomic E-state index is 14.0. The van der Waals surface area contributed by atoms with Crippen LogP contribution in [0.25, 0.3) is 0 Å². The van der Waals surface area contributed by atoms with Crippen molar-refractivity contribution in [2.45, 2.75) is 77.7 Å². The first-order chi connectivity index (χ1) is 20.1. The predicted molar refractivity (Wildman–Crippen MR) is 164 cm³/mol. The Hall–Kier alpha value is -3.19. The highest BCUT2D eigenvalue weighted by molar-refractivity contribution is 7.89. The molecule has 3 N–H and O–H groups in total. The van der Waals surface area contributed by atoms with Crippen LogP contribution in [0.5, 0.6) is 11.5 Å². The summed E-state index contributed by atoms with van der Waals surface area (Å²) < 4.78 is 40.3. The number of nitrogens with one attached hydrogen (secondary N) is 2. The lowest BCUT2D eigenvalue weighted by molar-refractivity contribution is -0.149. The number of rotatable bonds is 13. The average molecular weight is 619 g/mol. The van der Waals surface area contributed by atoms with Crippen LogP contribution in [0.15, 0.2) is 53.4 Å². The van der Waals surface area contributed by atoms with Crippen molar-refractivity contribution in [1.82, 2.24) is 20.1 Å². The second kappa shape index (κ2) is 14.5. The Balaban J connectivity index is 2.01. The van der Waals surface area contributed by atoms with Gasteiger partial charge in [0.25, 0.3) is 5.91 Å². The fourth-order valence-corrected chi connectivity index (χ4v) is 6.47. The fraction of sp³-hybridized carbons (Fsp3) is 0.548. The van der Waals surface area contributed by atoms with Gasteiger partial charge in [0, 0.05) is 32.5 Å². The molecule has 0 saturated carbocycles. The number of carbonyl (C=O) groups excluding carboxylic acids is 2. The largest absolute Gasteiger partial charge is 0.451 e. The van der Waals surface area contributed by atoms with Crippen molar-refractivity contribution in [2.24, 2.45) is 11.3 Å². The third kappa shape index (κ3) is 9.65. The van der Waals surface area contributed by atoms with Crippen molar-refractivity contribution in [1.29, 1.82) is 0 Å². The normalized spacial score (nSPS) is 16.3. The molecule has 3 atom stereocenters. The van der Waals surface area contributed by atoms with Gasteiger partial charge in [0.05, 0.1) is 23.6 Å². The molecule has 0 fully saturated rings. The molecule has 12 heteroatoms. The van der Waals surface area contributed by atoms with E-state index in [2.05, 4.69) is 10.7 Å². The number of ether oxygens (including phenoxy) is 2. The number of nitrogens with zero attached hydrogens (tertiary/aromatic N) is 2. The average Bonchev–Trinajstić information content (AvgIpc) is 3.29. The van der Waals surface area contributed by atoms with Crippen molar-refractivity contribution >= 4 is 21.8 Å². The minimum Gasteiger partial charge on any atom is -0.451 e. The quantitative estimate of drug-likeness (QED) is 0.292. The Morgan fingerprint density at radius 3 is 2.28 bits per heavy atom. The van der Waals surface area contributed by atoms with E-state index in [1.807, 2.05) is 65.0 Å². The van der Waals surface area contributed by atoms with Gasteiger partial charge in [-0.2, -0.15) is 4.31 Å². The smallest absolute Gasteiger partial charge is 0.252 e. The molecular formula is C31H46N4O7S. The number of amides is 2. The number of hydrazine groups is 1. The zero-order valence-electron chi connectivity index (χ0n) is 26.2. The topological polar surface area (TPSA) is 138 Å². The van der Waals surface area contributed by atoms with Crippen molar-refractivity contribution in [3.05, 3.63) is 54.1 Å². The van der Waals surface area contributed by atoms with Crippen molar-refractivity contribution in [3.8, 4) is 11.5 Å². The van der Waals surface area contributed by atoms with Crippen LogP contribution in [0.2, 0.25) is 0 Å². The van der Waals surface area contributed by atoms with Gasteiger partial charge in [-0.05, 0) is 42.5 Å². The zero-order chi connectivity index (χ0) is 31.9. The number of hydrogen-bond donors (Lipinski definition) is 3. The molecule has 1 aliphatic heterocycles. The molecule has 0 aliphatic carbocycles. The standard InChI is InChI=1S/C31H46N4O7S/c1-21(2)19-34(43(39,40)24-13-14-27-28(16-24)42-22(3)41-27)20-26(36)25(15-23-11-9-8-10-12-23)35(33-29(37)18-32-7)30(38)17-31(4,5)6/h8-14,16,21-22,25-26,32,36H,15,17-20H2,1-7H3,(H,33,37)/t22?,25?,26-/m1/s1. The van der Waals surface area contributed by atoms with E-state index in [0.29, 0.717) is 11.5 Å². The summed E-state index contributed by atoms with van der Waals surface area (Å²) in [6.45, 7) is 10.9. The van der Waals surface area contributed by atoms with Gasteiger partial charge in [-0.3, -0.25) is 15.0 Å². The highest BCUT2D eigenvalue weighted by Gasteiger charge is 2.37. The van der Waals surface area contributed by atoms with E-state index in [9.17, 15) is 23.1 Å². The summed E-state index contributed by atoms with van der Waals surface area (Å²) in [5, 5.41) is 15.8. The molecular weight excluding hydrogens is 572 g/mol. The number of aliphatic hydroxyl groups excluding tert-OH is 1. The van der Waals surface area contributed by atoms with Gasteiger partial charge in [0.15, 0.2) is 11.5 Å². The van der Waals surface area contributed by atoms with Gasteiger partial charge in [0.1, 0.15) is 0 Å². The maximum Gasteiger partial charge on any atom is 0.252 e. The Morgan fingerprint density at radius 1 is 1.02 bits per heavy atom. The molecule has 0 radical (unpaired) electrons. The van der Waals surface area contributed by atoms with Gasteiger partial charge in [-0.25, -0.2) is 13.4 Å². The predicted octanol–water partition coefficient (Wildman–Crippen LogP) is 2.94. The molecule has 2 aromatic carbocycles. The van der Waals surface area contributed by atoms with E-state index in [-0.39, 0.29) is 49.2 Å². The summed E-state index contributed by atoms with van der Waals surface area (Å²) in [4.78, 5) is 26.4. The molecule has 0 aromatic heterocycles. The summed E-state index contributed by atoms with van der Waals surface area (Å²) >= 11 is 0. The summed E-state index contributed by atoms with van der Waals surface area (Å²) in [6.07, 6.45) is -1.62. The van der Waals surface area contributed by atoms with Gasteiger partial charge < -0.3 is 19.9 Å². The molecule has 0 saturated heterocycles. The minimum atomic E-state index is -4.11. The first kappa shape index (κ1) is 34.3. The van der Waals surface area contributed by atoms with Crippen LogP contribution in [0, 0.1) is 11.3 Å². The van der Waals surface area contributed by atoms with E-state index in [0.717, 1.165) is 5.56 Å². The van der Waals surface area contributed by atoms with Crippen LogP contribution in [-0.2, 0) is 26.0 Å². The molecule has 43 heavy (non-hydrogen) atoms. The van der Waals surface area contributed by atoms with Crippen LogP contribution in [0.4, 0.5) is 0 Å². The number of fused-ring (bicyclic) bond motifs is 1.